The second-order valence-corrected chi connectivity index (χ2v) is 7.25. The average Bonchev–Trinajstić information content (AvgIpc) is 3.02. The van der Waals surface area contributed by atoms with Gasteiger partial charge in [0.25, 0.3) is 0 Å². The third-order valence-corrected chi connectivity index (χ3v) is 5.40. The maximum Gasteiger partial charge on any atom is 0.238 e. The van der Waals surface area contributed by atoms with Crippen LogP contribution in [0.1, 0.15) is 37.1 Å². The highest BCUT2D eigenvalue weighted by molar-refractivity contribution is 8.00. The summed E-state index contributed by atoms with van der Waals surface area (Å²) in [6.45, 7) is 2.05. The Morgan fingerprint density at radius 1 is 1.27 bits per heavy atom. The molecule has 0 bridgehead atoms. The van der Waals surface area contributed by atoms with Gasteiger partial charge in [-0.15, -0.1) is 11.8 Å². The third-order valence-electron chi connectivity index (χ3n) is 4.19. The van der Waals surface area contributed by atoms with Gasteiger partial charge < -0.3 is 5.32 Å². The zero-order chi connectivity index (χ0) is 18.5. The van der Waals surface area contributed by atoms with E-state index in [0.717, 1.165) is 24.1 Å². The highest BCUT2D eigenvalue weighted by atomic mass is 32.2. The largest absolute Gasteiger partial charge is 0.326 e. The zero-order valence-electron chi connectivity index (χ0n) is 14.6. The molecule has 136 valence electrons. The molecule has 6 heteroatoms. The minimum absolute atomic E-state index is 0.00593. The maximum absolute atomic E-state index is 13.6. The van der Waals surface area contributed by atoms with E-state index in [9.17, 15) is 14.0 Å². The number of amides is 2. The van der Waals surface area contributed by atoms with Gasteiger partial charge in [-0.05, 0) is 42.3 Å². The normalized spacial score (nSPS) is 16.8. The predicted molar refractivity (Wildman–Crippen MR) is 104 cm³/mol. The van der Waals surface area contributed by atoms with E-state index >= 15 is 0 Å². The fraction of sp³-hybridized carbons (Fsp3) is 0.300. The van der Waals surface area contributed by atoms with Crippen LogP contribution in [0.15, 0.2) is 48.5 Å². The molecule has 1 heterocycles. The first-order valence-corrected chi connectivity index (χ1v) is 9.72. The number of benzene rings is 2. The molecule has 1 N–H and O–H groups in total. The first-order valence-electron chi connectivity index (χ1n) is 8.67. The Morgan fingerprint density at radius 2 is 2.04 bits per heavy atom. The lowest BCUT2D eigenvalue weighted by molar-refractivity contribution is -0.116. The van der Waals surface area contributed by atoms with Gasteiger partial charge in [0.1, 0.15) is 11.2 Å². The van der Waals surface area contributed by atoms with Crippen molar-refractivity contribution < 1.29 is 14.0 Å². The molecule has 0 aromatic heterocycles. The molecule has 2 aromatic carbocycles. The number of nitrogens with one attached hydrogen (secondary N) is 1. The number of hydrogen-bond acceptors (Lipinski definition) is 3. The number of thioether (sulfide) groups is 1. The Hall–Kier alpha value is -2.34. The van der Waals surface area contributed by atoms with Crippen molar-refractivity contribution in [2.24, 2.45) is 0 Å². The SMILES string of the molecule is CCCCC(=O)Nc1ccc(C2SCC(=O)N2c2cccc(F)c2)cc1. The molecule has 1 aliphatic rings. The predicted octanol–water partition coefficient (Wildman–Crippen LogP) is 4.73. The summed E-state index contributed by atoms with van der Waals surface area (Å²) in [6, 6.07) is 13.6. The summed E-state index contributed by atoms with van der Waals surface area (Å²) in [5.74, 6) is -0.0403. The van der Waals surface area contributed by atoms with E-state index in [-0.39, 0.29) is 23.0 Å². The van der Waals surface area contributed by atoms with Crippen LogP contribution in [0.3, 0.4) is 0 Å². The lowest BCUT2D eigenvalue weighted by atomic mass is 10.1. The molecule has 2 amide bonds. The summed E-state index contributed by atoms with van der Waals surface area (Å²) in [5.41, 5.74) is 2.24. The van der Waals surface area contributed by atoms with Gasteiger partial charge in [0.15, 0.2) is 0 Å². The number of carbonyl (C=O) groups excluding carboxylic acids is 2. The summed E-state index contributed by atoms with van der Waals surface area (Å²) in [5, 5.41) is 2.68. The number of nitrogens with zero attached hydrogens (tertiary/aromatic N) is 1. The number of carbonyl (C=O) groups is 2. The monoisotopic (exact) mass is 372 g/mol. The lowest BCUT2D eigenvalue weighted by Crippen LogP contribution is -2.27. The van der Waals surface area contributed by atoms with Gasteiger partial charge in [0, 0.05) is 17.8 Å². The van der Waals surface area contributed by atoms with Crippen molar-refractivity contribution in [3.63, 3.8) is 0 Å². The van der Waals surface area contributed by atoms with Gasteiger partial charge in [-0.2, -0.15) is 0 Å². The highest BCUT2D eigenvalue weighted by Gasteiger charge is 2.34. The van der Waals surface area contributed by atoms with Crippen molar-refractivity contribution in [2.75, 3.05) is 16.0 Å². The lowest BCUT2D eigenvalue weighted by Gasteiger charge is -2.24. The van der Waals surface area contributed by atoms with Gasteiger partial charge in [0.05, 0.1) is 5.75 Å². The van der Waals surface area contributed by atoms with E-state index in [0.29, 0.717) is 17.9 Å². The highest BCUT2D eigenvalue weighted by Crippen LogP contribution is 2.42. The van der Waals surface area contributed by atoms with Gasteiger partial charge in [-0.3, -0.25) is 14.5 Å². The minimum Gasteiger partial charge on any atom is -0.326 e. The molecule has 0 spiro atoms. The fourth-order valence-corrected chi connectivity index (χ4v) is 4.05. The second-order valence-electron chi connectivity index (χ2n) is 6.18. The Labute approximate surface area is 156 Å². The average molecular weight is 372 g/mol. The smallest absolute Gasteiger partial charge is 0.238 e. The summed E-state index contributed by atoms with van der Waals surface area (Å²) < 4.78 is 13.6. The maximum atomic E-state index is 13.6. The molecule has 4 nitrogen and oxygen atoms in total. The molecule has 2 aromatic rings. The molecular formula is C20H21FN2O2S. The number of unbranched alkanes of at least 4 members (excludes halogenated alkanes) is 1. The summed E-state index contributed by atoms with van der Waals surface area (Å²) in [7, 11) is 0. The molecule has 1 fully saturated rings. The van der Waals surface area contributed by atoms with Crippen LogP contribution >= 0.6 is 11.8 Å². The Balaban J connectivity index is 1.75. The van der Waals surface area contributed by atoms with E-state index in [1.54, 1.807) is 17.0 Å². The van der Waals surface area contributed by atoms with Gasteiger partial charge in [0.2, 0.25) is 11.8 Å². The summed E-state index contributed by atoms with van der Waals surface area (Å²) >= 11 is 1.51. The van der Waals surface area contributed by atoms with E-state index in [4.69, 9.17) is 0 Å². The first kappa shape index (κ1) is 18.5. The van der Waals surface area contributed by atoms with Crippen molar-refractivity contribution in [1.82, 2.24) is 0 Å². The summed E-state index contributed by atoms with van der Waals surface area (Å²) in [6.07, 6.45) is 2.36. The molecule has 1 aliphatic heterocycles. The number of halogens is 1. The fourth-order valence-electron chi connectivity index (χ4n) is 2.87. The minimum atomic E-state index is -0.365. The summed E-state index contributed by atoms with van der Waals surface area (Å²) in [4.78, 5) is 25.8. The Morgan fingerprint density at radius 3 is 2.73 bits per heavy atom. The van der Waals surface area contributed by atoms with E-state index in [1.807, 2.05) is 31.2 Å². The molecular weight excluding hydrogens is 351 g/mol. The third kappa shape index (κ3) is 4.25. The van der Waals surface area contributed by atoms with Crippen molar-refractivity contribution in [1.29, 1.82) is 0 Å². The Bertz CT molecular complexity index is 795. The van der Waals surface area contributed by atoms with E-state index in [1.165, 1.54) is 23.9 Å². The number of anilines is 2. The van der Waals surface area contributed by atoms with Crippen LogP contribution in [-0.4, -0.2) is 17.6 Å². The van der Waals surface area contributed by atoms with E-state index in [2.05, 4.69) is 5.32 Å². The standard InChI is InChI=1S/C20H21FN2O2S/c1-2-3-7-18(24)22-16-10-8-14(9-11-16)20-23(19(25)13-26-20)17-6-4-5-15(21)12-17/h4-6,8-12,20H,2-3,7,13H2,1H3,(H,22,24). The molecule has 3 rings (SSSR count). The quantitative estimate of drug-likeness (QED) is 0.797. The molecule has 26 heavy (non-hydrogen) atoms. The van der Waals surface area contributed by atoms with Gasteiger partial charge in [-0.25, -0.2) is 4.39 Å². The molecule has 0 radical (unpaired) electrons. The topological polar surface area (TPSA) is 49.4 Å². The Kier molecular flexibility index (Phi) is 5.93. The second kappa shape index (κ2) is 8.36. The molecule has 0 aliphatic carbocycles. The first-order chi connectivity index (χ1) is 12.6. The molecule has 0 saturated carbocycles. The number of rotatable bonds is 6. The van der Waals surface area contributed by atoms with Gasteiger partial charge >= 0.3 is 0 Å². The molecule has 1 saturated heterocycles. The van der Waals surface area contributed by atoms with Crippen molar-refractivity contribution in [2.45, 2.75) is 31.6 Å². The van der Waals surface area contributed by atoms with Crippen molar-refractivity contribution in [3.05, 3.63) is 59.9 Å². The van der Waals surface area contributed by atoms with Crippen LogP contribution in [0.5, 0.6) is 0 Å². The van der Waals surface area contributed by atoms with Crippen LogP contribution in [0.2, 0.25) is 0 Å². The molecule has 1 unspecified atom stereocenters. The van der Waals surface area contributed by atoms with E-state index < -0.39 is 0 Å². The van der Waals surface area contributed by atoms with Gasteiger partial charge in [-0.1, -0.05) is 31.5 Å². The zero-order valence-corrected chi connectivity index (χ0v) is 15.4. The number of hydrogen-bond donors (Lipinski definition) is 1. The molecule has 1 atom stereocenters. The van der Waals surface area contributed by atoms with Crippen LogP contribution in [0, 0.1) is 5.82 Å². The van der Waals surface area contributed by atoms with Crippen LogP contribution in [0.4, 0.5) is 15.8 Å². The van der Waals surface area contributed by atoms with Crippen molar-refractivity contribution >= 4 is 35.0 Å². The van der Waals surface area contributed by atoms with Crippen molar-refractivity contribution in [3.8, 4) is 0 Å². The van der Waals surface area contributed by atoms with Crippen LogP contribution in [-0.2, 0) is 9.59 Å². The van der Waals surface area contributed by atoms with Crippen LogP contribution < -0.4 is 10.2 Å². The van der Waals surface area contributed by atoms with Crippen LogP contribution in [0.25, 0.3) is 0 Å².